The number of carbonyl (C=O) groups excluding carboxylic acids is 1. The van der Waals surface area contributed by atoms with Gasteiger partial charge in [-0.15, -0.1) is 5.10 Å². The van der Waals surface area contributed by atoms with Crippen LogP contribution in [0.25, 0.3) is 5.69 Å². The summed E-state index contributed by atoms with van der Waals surface area (Å²) in [5.41, 5.74) is 2.91. The quantitative estimate of drug-likeness (QED) is 0.735. The van der Waals surface area contributed by atoms with Gasteiger partial charge in [0.1, 0.15) is 6.04 Å². The third-order valence-electron chi connectivity index (χ3n) is 4.20. The average molecular weight is 350 g/mol. The van der Waals surface area contributed by atoms with Gasteiger partial charge in [-0.25, -0.2) is 0 Å². The molecule has 1 aromatic heterocycles. The molecule has 1 N–H and O–H groups in total. The molecule has 3 rings (SSSR count). The van der Waals surface area contributed by atoms with Gasteiger partial charge in [0.2, 0.25) is 5.91 Å². The molecule has 2 aromatic carbocycles. The summed E-state index contributed by atoms with van der Waals surface area (Å²) < 4.78 is 1.62. The van der Waals surface area contributed by atoms with Crippen LogP contribution in [0, 0.1) is 6.92 Å². The maximum absolute atomic E-state index is 12.8. The number of tetrazole rings is 1. The van der Waals surface area contributed by atoms with E-state index in [0.717, 1.165) is 16.8 Å². The second-order valence-electron chi connectivity index (χ2n) is 6.28. The first-order valence-electron chi connectivity index (χ1n) is 8.40. The first-order valence-corrected chi connectivity index (χ1v) is 8.40. The smallest absolute Gasteiger partial charge is 0.242 e. The number of para-hydroxylation sites is 1. The maximum atomic E-state index is 12.8. The van der Waals surface area contributed by atoms with Crippen molar-refractivity contribution in [1.82, 2.24) is 30.4 Å². The number of amides is 1. The molecular formula is C19H22N6O. The van der Waals surface area contributed by atoms with Crippen molar-refractivity contribution in [1.29, 1.82) is 0 Å². The number of carbonyl (C=O) groups is 1. The number of hydrogen-bond donors (Lipinski definition) is 1. The summed E-state index contributed by atoms with van der Waals surface area (Å²) in [5, 5.41) is 14.7. The zero-order valence-corrected chi connectivity index (χ0v) is 15.1. The molecule has 26 heavy (non-hydrogen) atoms. The number of nitrogens with one attached hydrogen (secondary N) is 1. The summed E-state index contributed by atoms with van der Waals surface area (Å²) in [6.07, 6.45) is 0. The Balaban J connectivity index is 1.76. The van der Waals surface area contributed by atoms with Crippen molar-refractivity contribution in [2.45, 2.75) is 19.5 Å². The van der Waals surface area contributed by atoms with E-state index in [0.29, 0.717) is 5.82 Å². The van der Waals surface area contributed by atoms with Gasteiger partial charge < -0.3 is 5.32 Å². The van der Waals surface area contributed by atoms with Crippen LogP contribution < -0.4 is 5.32 Å². The van der Waals surface area contributed by atoms with Crippen molar-refractivity contribution in [3.63, 3.8) is 0 Å². The number of hydrogen-bond acceptors (Lipinski definition) is 5. The van der Waals surface area contributed by atoms with E-state index in [9.17, 15) is 4.79 Å². The molecule has 3 aromatic rings. The molecule has 0 radical (unpaired) electrons. The van der Waals surface area contributed by atoms with Crippen LogP contribution >= 0.6 is 0 Å². The lowest BCUT2D eigenvalue weighted by Crippen LogP contribution is -2.37. The van der Waals surface area contributed by atoms with Crippen molar-refractivity contribution in [2.75, 3.05) is 14.1 Å². The van der Waals surface area contributed by atoms with Gasteiger partial charge in [0.25, 0.3) is 0 Å². The molecule has 134 valence electrons. The van der Waals surface area contributed by atoms with Gasteiger partial charge in [0, 0.05) is 0 Å². The monoisotopic (exact) mass is 350 g/mol. The van der Waals surface area contributed by atoms with Crippen molar-refractivity contribution < 1.29 is 4.79 Å². The minimum Gasteiger partial charge on any atom is -0.347 e. The molecule has 7 nitrogen and oxygen atoms in total. The third kappa shape index (κ3) is 3.78. The fourth-order valence-electron chi connectivity index (χ4n) is 2.90. The van der Waals surface area contributed by atoms with Crippen molar-refractivity contribution in [3.05, 3.63) is 71.5 Å². The van der Waals surface area contributed by atoms with Gasteiger partial charge in [-0.05, 0) is 54.7 Å². The van der Waals surface area contributed by atoms with Gasteiger partial charge in [-0.3, -0.25) is 9.69 Å². The molecule has 0 aliphatic heterocycles. The number of aryl methyl sites for hydroxylation is 1. The Morgan fingerprint density at radius 3 is 2.50 bits per heavy atom. The van der Waals surface area contributed by atoms with Gasteiger partial charge in [-0.1, -0.05) is 42.5 Å². The molecule has 0 bridgehead atoms. The minimum atomic E-state index is -0.378. The summed E-state index contributed by atoms with van der Waals surface area (Å²) in [6, 6.07) is 17.1. The highest BCUT2D eigenvalue weighted by Crippen LogP contribution is 2.22. The third-order valence-corrected chi connectivity index (χ3v) is 4.20. The molecule has 0 saturated carbocycles. The van der Waals surface area contributed by atoms with Crippen LogP contribution in [-0.4, -0.2) is 45.1 Å². The first-order chi connectivity index (χ1) is 12.6. The summed E-state index contributed by atoms with van der Waals surface area (Å²) >= 11 is 0. The van der Waals surface area contributed by atoms with Crippen molar-refractivity contribution in [3.8, 4) is 5.69 Å². The van der Waals surface area contributed by atoms with E-state index in [2.05, 4.69) is 20.8 Å². The highest BCUT2D eigenvalue weighted by atomic mass is 16.2. The Kier molecular flexibility index (Phi) is 5.38. The van der Waals surface area contributed by atoms with E-state index in [1.807, 2.05) is 80.5 Å². The van der Waals surface area contributed by atoms with E-state index in [4.69, 9.17) is 0 Å². The summed E-state index contributed by atoms with van der Waals surface area (Å²) in [7, 11) is 3.79. The zero-order chi connectivity index (χ0) is 18.5. The zero-order valence-electron chi connectivity index (χ0n) is 15.1. The van der Waals surface area contributed by atoms with Gasteiger partial charge in [-0.2, -0.15) is 4.68 Å². The lowest BCUT2D eigenvalue weighted by Gasteiger charge is -2.25. The van der Waals surface area contributed by atoms with Gasteiger partial charge >= 0.3 is 0 Å². The Hall–Kier alpha value is -3.06. The molecule has 0 aliphatic carbocycles. The van der Waals surface area contributed by atoms with E-state index in [1.54, 1.807) is 4.68 Å². The molecule has 7 heteroatoms. The molecule has 0 fully saturated rings. The molecule has 0 saturated heterocycles. The fourth-order valence-corrected chi connectivity index (χ4v) is 2.90. The SMILES string of the molecule is Cc1ccccc1[C@H](C(=O)NCc1nnnn1-c1ccccc1)N(C)C. The molecule has 0 spiro atoms. The highest BCUT2D eigenvalue weighted by Gasteiger charge is 2.24. The van der Waals surface area contributed by atoms with Gasteiger partial charge in [0.05, 0.1) is 12.2 Å². The minimum absolute atomic E-state index is 0.0908. The lowest BCUT2D eigenvalue weighted by atomic mass is 10.00. The molecule has 0 aliphatic rings. The highest BCUT2D eigenvalue weighted by molar-refractivity contribution is 5.83. The van der Waals surface area contributed by atoms with Crippen LogP contribution in [-0.2, 0) is 11.3 Å². The second kappa shape index (κ2) is 7.88. The maximum Gasteiger partial charge on any atom is 0.242 e. The Morgan fingerprint density at radius 2 is 1.81 bits per heavy atom. The molecule has 1 atom stereocenters. The van der Waals surface area contributed by atoms with E-state index in [-0.39, 0.29) is 18.5 Å². The Bertz CT molecular complexity index is 875. The van der Waals surface area contributed by atoms with Crippen LogP contribution in [0.1, 0.15) is 23.0 Å². The summed E-state index contributed by atoms with van der Waals surface area (Å²) in [4.78, 5) is 14.8. The topological polar surface area (TPSA) is 75.9 Å². The lowest BCUT2D eigenvalue weighted by molar-refractivity contribution is -0.126. The predicted molar refractivity (Wildman–Crippen MR) is 98.6 cm³/mol. The van der Waals surface area contributed by atoms with Crippen LogP contribution in [0.15, 0.2) is 54.6 Å². The van der Waals surface area contributed by atoms with Crippen LogP contribution in [0.5, 0.6) is 0 Å². The Labute approximate surface area is 152 Å². The van der Waals surface area contributed by atoms with E-state index in [1.165, 1.54) is 0 Å². The standard InChI is InChI=1S/C19H22N6O/c1-14-9-7-8-12-16(14)18(24(2)3)19(26)20-13-17-21-22-23-25(17)15-10-5-4-6-11-15/h4-12,18H,13H2,1-3H3,(H,20,26)/t18-/m1/s1. The molecular weight excluding hydrogens is 328 g/mol. The van der Waals surface area contributed by atoms with Crippen LogP contribution in [0.4, 0.5) is 0 Å². The van der Waals surface area contributed by atoms with E-state index >= 15 is 0 Å². The van der Waals surface area contributed by atoms with Gasteiger partial charge in [0.15, 0.2) is 5.82 Å². The number of likely N-dealkylation sites (N-methyl/N-ethyl adjacent to an activating group) is 1. The number of rotatable bonds is 6. The summed E-state index contributed by atoms with van der Waals surface area (Å²) in [5.74, 6) is 0.485. The second-order valence-corrected chi connectivity index (χ2v) is 6.28. The molecule has 1 amide bonds. The largest absolute Gasteiger partial charge is 0.347 e. The first kappa shape index (κ1) is 17.8. The average Bonchev–Trinajstić information content (AvgIpc) is 3.11. The fraction of sp³-hybridized carbons (Fsp3) is 0.263. The van der Waals surface area contributed by atoms with Crippen molar-refractivity contribution in [2.24, 2.45) is 0 Å². The normalized spacial score (nSPS) is 12.2. The summed E-state index contributed by atoms with van der Waals surface area (Å²) in [6.45, 7) is 2.26. The molecule has 0 unspecified atom stereocenters. The van der Waals surface area contributed by atoms with Crippen LogP contribution in [0.3, 0.4) is 0 Å². The van der Waals surface area contributed by atoms with Crippen molar-refractivity contribution >= 4 is 5.91 Å². The molecule has 1 heterocycles. The van der Waals surface area contributed by atoms with E-state index < -0.39 is 0 Å². The Morgan fingerprint density at radius 1 is 1.12 bits per heavy atom. The number of nitrogens with zero attached hydrogens (tertiary/aromatic N) is 5. The van der Waals surface area contributed by atoms with Crippen LogP contribution in [0.2, 0.25) is 0 Å². The number of benzene rings is 2. The number of aromatic nitrogens is 4. The predicted octanol–water partition coefficient (Wildman–Crippen LogP) is 1.89.